The molecule has 24 heavy (non-hydrogen) atoms. The summed E-state index contributed by atoms with van der Waals surface area (Å²) in [6.45, 7) is 5.80. The van der Waals surface area contributed by atoms with Gasteiger partial charge in [0.1, 0.15) is 11.6 Å². The fourth-order valence-corrected chi connectivity index (χ4v) is 3.37. The number of aromatic nitrogens is 2. The van der Waals surface area contributed by atoms with Gasteiger partial charge in [-0.05, 0) is 31.9 Å². The average molecular weight is 331 g/mol. The predicted octanol–water partition coefficient (Wildman–Crippen LogP) is 1.32. The number of rotatable bonds is 4. The largest absolute Gasteiger partial charge is 0.369 e. The van der Waals surface area contributed by atoms with Crippen LogP contribution >= 0.6 is 0 Å². The van der Waals surface area contributed by atoms with Crippen molar-refractivity contribution in [3.05, 3.63) is 12.1 Å². The number of amides is 1. The standard InChI is InChI=1S/C17H25N5O2/c1-2-18-15-7-8-16(20-19-15)21-9-11-22(12-10-21)17(24)13-3-5-14(23)6-4-13/h7-8,13H,2-6,9-12H2,1H3,(H,18,19). The maximum absolute atomic E-state index is 12.6. The van der Waals surface area contributed by atoms with Crippen molar-refractivity contribution >= 4 is 23.3 Å². The van der Waals surface area contributed by atoms with Crippen LogP contribution in [0.4, 0.5) is 11.6 Å². The maximum Gasteiger partial charge on any atom is 0.225 e. The Balaban J connectivity index is 1.51. The van der Waals surface area contributed by atoms with E-state index >= 15 is 0 Å². The van der Waals surface area contributed by atoms with Crippen molar-refractivity contribution in [3.8, 4) is 0 Å². The zero-order valence-electron chi connectivity index (χ0n) is 14.2. The Kier molecular flexibility index (Phi) is 5.27. The van der Waals surface area contributed by atoms with E-state index < -0.39 is 0 Å². The van der Waals surface area contributed by atoms with Crippen LogP contribution in [0.3, 0.4) is 0 Å². The molecule has 7 nitrogen and oxygen atoms in total. The van der Waals surface area contributed by atoms with Crippen LogP contribution in [0.15, 0.2) is 12.1 Å². The highest BCUT2D eigenvalue weighted by molar-refractivity contribution is 5.84. The molecule has 2 aliphatic rings. The number of nitrogens with one attached hydrogen (secondary N) is 1. The van der Waals surface area contributed by atoms with E-state index in [4.69, 9.17) is 0 Å². The molecule has 1 saturated carbocycles. The molecule has 0 unspecified atom stereocenters. The van der Waals surface area contributed by atoms with Crippen LogP contribution in [-0.2, 0) is 9.59 Å². The SMILES string of the molecule is CCNc1ccc(N2CCN(C(=O)C3CCC(=O)CC3)CC2)nn1. The molecular weight excluding hydrogens is 306 g/mol. The van der Waals surface area contributed by atoms with Crippen LogP contribution in [0.25, 0.3) is 0 Å². The number of anilines is 2. The molecule has 0 bridgehead atoms. The first-order valence-electron chi connectivity index (χ1n) is 8.80. The van der Waals surface area contributed by atoms with Gasteiger partial charge in [-0.1, -0.05) is 0 Å². The Morgan fingerprint density at radius 1 is 1.17 bits per heavy atom. The highest BCUT2D eigenvalue weighted by Crippen LogP contribution is 2.24. The van der Waals surface area contributed by atoms with E-state index in [1.807, 2.05) is 24.0 Å². The summed E-state index contributed by atoms with van der Waals surface area (Å²) >= 11 is 0. The van der Waals surface area contributed by atoms with Crippen LogP contribution in [0.1, 0.15) is 32.6 Å². The quantitative estimate of drug-likeness (QED) is 0.896. The number of nitrogens with zero attached hydrogens (tertiary/aromatic N) is 4. The average Bonchev–Trinajstić information content (AvgIpc) is 2.63. The first kappa shape index (κ1) is 16.7. The van der Waals surface area contributed by atoms with Gasteiger partial charge >= 0.3 is 0 Å². The zero-order valence-corrected chi connectivity index (χ0v) is 14.2. The molecule has 1 N–H and O–H groups in total. The smallest absolute Gasteiger partial charge is 0.225 e. The third kappa shape index (κ3) is 3.83. The number of piperazine rings is 1. The predicted molar refractivity (Wildman–Crippen MR) is 92.0 cm³/mol. The van der Waals surface area contributed by atoms with Crippen molar-refractivity contribution in [2.75, 3.05) is 42.9 Å². The summed E-state index contributed by atoms with van der Waals surface area (Å²) in [5.41, 5.74) is 0. The van der Waals surface area contributed by atoms with Gasteiger partial charge in [0, 0.05) is 51.5 Å². The van der Waals surface area contributed by atoms with E-state index in [2.05, 4.69) is 20.4 Å². The molecule has 7 heteroatoms. The lowest BCUT2D eigenvalue weighted by Gasteiger charge is -2.37. The minimum Gasteiger partial charge on any atom is -0.369 e. The number of ketones is 1. The van der Waals surface area contributed by atoms with Crippen LogP contribution in [0.5, 0.6) is 0 Å². The van der Waals surface area contributed by atoms with E-state index in [-0.39, 0.29) is 11.8 Å². The Morgan fingerprint density at radius 3 is 2.46 bits per heavy atom. The Labute approximate surface area is 142 Å². The molecule has 1 aliphatic carbocycles. The van der Waals surface area contributed by atoms with E-state index in [1.54, 1.807) is 0 Å². The molecule has 1 aliphatic heterocycles. The van der Waals surface area contributed by atoms with Crippen molar-refractivity contribution in [3.63, 3.8) is 0 Å². The molecule has 1 amide bonds. The summed E-state index contributed by atoms with van der Waals surface area (Å²) in [6.07, 6.45) is 2.55. The Morgan fingerprint density at radius 2 is 1.88 bits per heavy atom. The molecule has 1 aromatic heterocycles. The normalized spacial score (nSPS) is 19.5. The number of Topliss-reactive ketones (excluding diaryl/α,β-unsaturated/α-hetero) is 1. The number of hydrogen-bond donors (Lipinski definition) is 1. The molecule has 2 heterocycles. The molecule has 2 fully saturated rings. The number of carbonyl (C=O) groups is 2. The van der Waals surface area contributed by atoms with Crippen LogP contribution in [0, 0.1) is 5.92 Å². The highest BCUT2D eigenvalue weighted by Gasteiger charge is 2.30. The monoisotopic (exact) mass is 331 g/mol. The van der Waals surface area contributed by atoms with Gasteiger partial charge in [-0.15, -0.1) is 10.2 Å². The van der Waals surface area contributed by atoms with Gasteiger partial charge in [-0.2, -0.15) is 0 Å². The lowest BCUT2D eigenvalue weighted by atomic mass is 9.87. The molecule has 0 atom stereocenters. The first-order chi connectivity index (χ1) is 11.7. The second-order valence-electron chi connectivity index (χ2n) is 6.43. The van der Waals surface area contributed by atoms with E-state index in [0.29, 0.717) is 31.7 Å². The van der Waals surface area contributed by atoms with Crippen LogP contribution in [-0.4, -0.2) is 59.5 Å². The van der Waals surface area contributed by atoms with Gasteiger partial charge in [0.05, 0.1) is 0 Å². The third-order valence-corrected chi connectivity index (χ3v) is 4.82. The minimum absolute atomic E-state index is 0.0356. The van der Waals surface area contributed by atoms with Crippen molar-refractivity contribution < 1.29 is 9.59 Å². The van der Waals surface area contributed by atoms with Gasteiger partial charge in [0.15, 0.2) is 5.82 Å². The fourth-order valence-electron chi connectivity index (χ4n) is 3.37. The second-order valence-corrected chi connectivity index (χ2v) is 6.43. The summed E-state index contributed by atoms with van der Waals surface area (Å²) in [6, 6.07) is 3.90. The zero-order chi connectivity index (χ0) is 16.9. The van der Waals surface area contributed by atoms with E-state index in [9.17, 15) is 9.59 Å². The summed E-state index contributed by atoms with van der Waals surface area (Å²) in [5.74, 6) is 2.18. The minimum atomic E-state index is 0.0356. The molecule has 0 aromatic carbocycles. The Bertz CT molecular complexity index is 571. The number of carbonyl (C=O) groups excluding carboxylic acids is 2. The molecule has 1 aromatic rings. The van der Waals surface area contributed by atoms with Crippen LogP contribution in [0.2, 0.25) is 0 Å². The summed E-state index contributed by atoms with van der Waals surface area (Å²) in [4.78, 5) is 28.0. The molecule has 0 spiro atoms. The van der Waals surface area contributed by atoms with Gasteiger partial charge in [0.25, 0.3) is 0 Å². The Hall–Kier alpha value is -2.18. The molecule has 130 valence electrons. The van der Waals surface area contributed by atoms with Crippen LogP contribution < -0.4 is 10.2 Å². The van der Waals surface area contributed by atoms with Crippen molar-refractivity contribution in [2.24, 2.45) is 5.92 Å². The summed E-state index contributed by atoms with van der Waals surface area (Å²) in [7, 11) is 0. The second kappa shape index (κ2) is 7.59. The van der Waals surface area contributed by atoms with Crippen molar-refractivity contribution in [1.29, 1.82) is 0 Å². The third-order valence-electron chi connectivity index (χ3n) is 4.82. The molecule has 0 radical (unpaired) electrons. The molecule has 3 rings (SSSR count). The first-order valence-corrected chi connectivity index (χ1v) is 8.80. The molecule has 1 saturated heterocycles. The van der Waals surface area contributed by atoms with E-state index in [1.165, 1.54) is 0 Å². The maximum atomic E-state index is 12.6. The van der Waals surface area contributed by atoms with Crippen molar-refractivity contribution in [2.45, 2.75) is 32.6 Å². The summed E-state index contributed by atoms with van der Waals surface area (Å²) < 4.78 is 0. The van der Waals surface area contributed by atoms with Gasteiger partial charge in [-0.25, -0.2) is 0 Å². The lowest BCUT2D eigenvalue weighted by Crippen LogP contribution is -2.51. The van der Waals surface area contributed by atoms with Gasteiger partial charge < -0.3 is 15.1 Å². The van der Waals surface area contributed by atoms with Gasteiger partial charge in [-0.3, -0.25) is 9.59 Å². The number of hydrogen-bond acceptors (Lipinski definition) is 6. The summed E-state index contributed by atoms with van der Waals surface area (Å²) in [5, 5.41) is 11.6. The van der Waals surface area contributed by atoms with Gasteiger partial charge in [0.2, 0.25) is 5.91 Å². The fraction of sp³-hybridized carbons (Fsp3) is 0.647. The lowest BCUT2D eigenvalue weighted by molar-refractivity contribution is -0.137. The van der Waals surface area contributed by atoms with E-state index in [0.717, 1.165) is 44.1 Å². The highest BCUT2D eigenvalue weighted by atomic mass is 16.2. The van der Waals surface area contributed by atoms with Crippen molar-refractivity contribution in [1.82, 2.24) is 15.1 Å². The molecular formula is C17H25N5O2. The topological polar surface area (TPSA) is 78.4 Å².